The first-order chi connectivity index (χ1) is 10.0. The topological polar surface area (TPSA) is 69.7 Å². The molecule has 0 aliphatic rings. The Morgan fingerprint density at radius 1 is 0.952 bits per heavy atom. The molecule has 1 rings (SSSR count). The van der Waals surface area contributed by atoms with E-state index in [1.807, 2.05) is 0 Å². The Morgan fingerprint density at radius 2 is 1.43 bits per heavy atom. The van der Waals surface area contributed by atoms with Crippen molar-refractivity contribution in [2.45, 2.75) is 20.8 Å². The number of hydrogen-bond acceptors (Lipinski definition) is 5. The summed E-state index contributed by atoms with van der Waals surface area (Å²) in [5, 5.41) is 0. The van der Waals surface area contributed by atoms with Gasteiger partial charge in [-0.15, -0.1) is 0 Å². The van der Waals surface area contributed by atoms with Crippen LogP contribution >= 0.6 is 0 Å². The van der Waals surface area contributed by atoms with Crippen LogP contribution in [0.3, 0.4) is 0 Å². The molecule has 0 saturated carbocycles. The van der Waals surface area contributed by atoms with Crippen LogP contribution in [0.1, 0.15) is 31.1 Å². The molecule has 0 aliphatic heterocycles. The SMILES string of the molecule is CCOC(=O)C(C(=O)OCC)[C@@H](C)C(=O)c1ccccc1. The smallest absolute Gasteiger partial charge is 0.321 e. The number of esters is 2. The third kappa shape index (κ3) is 4.41. The van der Waals surface area contributed by atoms with Crippen LogP contribution in [0, 0.1) is 11.8 Å². The second-order valence-corrected chi connectivity index (χ2v) is 4.50. The van der Waals surface area contributed by atoms with Gasteiger partial charge in [0.25, 0.3) is 0 Å². The first-order valence-electron chi connectivity index (χ1n) is 6.95. The number of rotatable bonds is 7. The largest absolute Gasteiger partial charge is 0.465 e. The molecule has 0 N–H and O–H groups in total. The predicted octanol–water partition coefficient (Wildman–Crippen LogP) is 2.25. The molecule has 0 unspecified atom stereocenters. The lowest BCUT2D eigenvalue weighted by Crippen LogP contribution is -2.37. The van der Waals surface area contributed by atoms with E-state index in [1.165, 1.54) is 6.92 Å². The lowest BCUT2D eigenvalue weighted by atomic mass is 9.87. The highest BCUT2D eigenvalue weighted by Gasteiger charge is 2.38. The highest BCUT2D eigenvalue weighted by Crippen LogP contribution is 2.21. The summed E-state index contributed by atoms with van der Waals surface area (Å²) in [4.78, 5) is 36.3. The Balaban J connectivity index is 2.99. The number of benzene rings is 1. The zero-order valence-corrected chi connectivity index (χ0v) is 12.5. The molecule has 0 aliphatic carbocycles. The molecular weight excluding hydrogens is 272 g/mol. The van der Waals surface area contributed by atoms with Gasteiger partial charge in [0.15, 0.2) is 11.7 Å². The maximum Gasteiger partial charge on any atom is 0.321 e. The molecule has 5 heteroatoms. The first kappa shape index (κ1) is 16.9. The lowest BCUT2D eigenvalue weighted by molar-refractivity contribution is -0.163. The summed E-state index contributed by atoms with van der Waals surface area (Å²) < 4.78 is 9.77. The van der Waals surface area contributed by atoms with Crippen LogP contribution in [-0.2, 0) is 19.1 Å². The van der Waals surface area contributed by atoms with E-state index in [1.54, 1.807) is 44.2 Å². The molecule has 21 heavy (non-hydrogen) atoms. The Bertz CT molecular complexity index is 477. The molecule has 1 aromatic carbocycles. The van der Waals surface area contributed by atoms with Crippen molar-refractivity contribution in [3.8, 4) is 0 Å². The van der Waals surface area contributed by atoms with Crippen molar-refractivity contribution in [2.24, 2.45) is 11.8 Å². The number of hydrogen-bond donors (Lipinski definition) is 0. The van der Waals surface area contributed by atoms with Crippen molar-refractivity contribution < 1.29 is 23.9 Å². The summed E-state index contributed by atoms with van der Waals surface area (Å²) in [5.74, 6) is -3.83. The number of carbonyl (C=O) groups excluding carboxylic acids is 3. The predicted molar refractivity (Wildman–Crippen MR) is 76.7 cm³/mol. The summed E-state index contributed by atoms with van der Waals surface area (Å²) in [6, 6.07) is 8.53. The van der Waals surface area contributed by atoms with Gasteiger partial charge in [0.05, 0.1) is 13.2 Å². The highest BCUT2D eigenvalue weighted by atomic mass is 16.6. The minimum absolute atomic E-state index is 0.140. The van der Waals surface area contributed by atoms with Crippen molar-refractivity contribution in [2.75, 3.05) is 13.2 Å². The van der Waals surface area contributed by atoms with Crippen molar-refractivity contribution in [3.63, 3.8) is 0 Å². The maximum absolute atomic E-state index is 12.4. The molecule has 1 atom stereocenters. The van der Waals surface area contributed by atoms with Crippen LogP contribution in [0.2, 0.25) is 0 Å². The van der Waals surface area contributed by atoms with Gasteiger partial charge in [-0.3, -0.25) is 14.4 Å². The van der Waals surface area contributed by atoms with Crippen molar-refractivity contribution >= 4 is 17.7 Å². The zero-order valence-electron chi connectivity index (χ0n) is 12.5. The van der Waals surface area contributed by atoms with E-state index < -0.39 is 23.8 Å². The fourth-order valence-corrected chi connectivity index (χ4v) is 1.99. The van der Waals surface area contributed by atoms with Crippen molar-refractivity contribution in [1.82, 2.24) is 0 Å². The fraction of sp³-hybridized carbons (Fsp3) is 0.438. The quantitative estimate of drug-likeness (QED) is 0.438. The lowest BCUT2D eigenvalue weighted by Gasteiger charge is -2.19. The van der Waals surface area contributed by atoms with Crippen LogP contribution in [-0.4, -0.2) is 30.9 Å². The van der Waals surface area contributed by atoms with Crippen LogP contribution in [0.15, 0.2) is 30.3 Å². The molecular formula is C16H20O5. The van der Waals surface area contributed by atoms with Crippen LogP contribution in [0.4, 0.5) is 0 Å². The monoisotopic (exact) mass is 292 g/mol. The highest BCUT2D eigenvalue weighted by molar-refractivity contribution is 6.05. The Labute approximate surface area is 124 Å². The van der Waals surface area contributed by atoms with Crippen LogP contribution < -0.4 is 0 Å². The number of ether oxygens (including phenoxy) is 2. The van der Waals surface area contributed by atoms with Gasteiger partial charge in [-0.05, 0) is 13.8 Å². The van der Waals surface area contributed by atoms with Gasteiger partial charge < -0.3 is 9.47 Å². The third-order valence-corrected chi connectivity index (χ3v) is 3.05. The summed E-state index contributed by atoms with van der Waals surface area (Å²) in [5.41, 5.74) is 0.448. The van der Waals surface area contributed by atoms with E-state index in [2.05, 4.69) is 0 Å². The molecule has 0 amide bonds. The number of carbonyl (C=O) groups is 3. The van der Waals surface area contributed by atoms with Crippen molar-refractivity contribution in [1.29, 1.82) is 0 Å². The Morgan fingerprint density at radius 3 is 1.86 bits per heavy atom. The van der Waals surface area contributed by atoms with Crippen LogP contribution in [0.25, 0.3) is 0 Å². The molecule has 0 fully saturated rings. The first-order valence-corrected chi connectivity index (χ1v) is 6.95. The third-order valence-electron chi connectivity index (χ3n) is 3.05. The molecule has 0 aromatic heterocycles. The van der Waals surface area contributed by atoms with E-state index in [0.29, 0.717) is 5.56 Å². The summed E-state index contributed by atoms with van der Waals surface area (Å²) in [6.07, 6.45) is 0. The van der Waals surface area contributed by atoms with E-state index >= 15 is 0 Å². The Kier molecular flexibility index (Phi) is 6.59. The molecule has 0 saturated heterocycles. The molecule has 0 heterocycles. The molecule has 0 radical (unpaired) electrons. The van der Waals surface area contributed by atoms with Gasteiger partial charge in [-0.25, -0.2) is 0 Å². The zero-order chi connectivity index (χ0) is 15.8. The van der Waals surface area contributed by atoms with Gasteiger partial charge in [0, 0.05) is 11.5 Å². The van der Waals surface area contributed by atoms with Gasteiger partial charge in [0.1, 0.15) is 0 Å². The van der Waals surface area contributed by atoms with Gasteiger partial charge in [-0.1, -0.05) is 37.3 Å². The van der Waals surface area contributed by atoms with E-state index in [9.17, 15) is 14.4 Å². The standard InChI is InChI=1S/C16H20O5/c1-4-20-15(18)13(16(19)21-5-2)11(3)14(17)12-9-7-6-8-10-12/h6-11,13H,4-5H2,1-3H3/t11-/m1/s1. The Hall–Kier alpha value is -2.17. The van der Waals surface area contributed by atoms with E-state index in [4.69, 9.17) is 9.47 Å². The van der Waals surface area contributed by atoms with Gasteiger partial charge in [-0.2, -0.15) is 0 Å². The average molecular weight is 292 g/mol. The van der Waals surface area contributed by atoms with Crippen LogP contribution in [0.5, 0.6) is 0 Å². The summed E-state index contributed by atoms with van der Waals surface area (Å²) >= 11 is 0. The normalized spacial score (nSPS) is 11.8. The minimum Gasteiger partial charge on any atom is -0.465 e. The number of Topliss-reactive ketones (excluding diaryl/α,β-unsaturated/α-hetero) is 1. The van der Waals surface area contributed by atoms with Crippen molar-refractivity contribution in [3.05, 3.63) is 35.9 Å². The maximum atomic E-state index is 12.4. The summed E-state index contributed by atoms with van der Waals surface area (Å²) in [6.45, 7) is 5.10. The second kappa shape index (κ2) is 8.19. The number of ketones is 1. The average Bonchev–Trinajstić information content (AvgIpc) is 2.48. The summed E-state index contributed by atoms with van der Waals surface area (Å²) in [7, 11) is 0. The fourth-order valence-electron chi connectivity index (χ4n) is 1.99. The van der Waals surface area contributed by atoms with E-state index in [-0.39, 0.29) is 19.0 Å². The van der Waals surface area contributed by atoms with Gasteiger partial charge in [0.2, 0.25) is 0 Å². The molecule has 0 spiro atoms. The molecule has 1 aromatic rings. The molecule has 114 valence electrons. The minimum atomic E-state index is -1.24. The molecule has 5 nitrogen and oxygen atoms in total. The van der Waals surface area contributed by atoms with Gasteiger partial charge >= 0.3 is 11.9 Å². The molecule has 0 bridgehead atoms. The van der Waals surface area contributed by atoms with E-state index in [0.717, 1.165) is 0 Å². The second-order valence-electron chi connectivity index (χ2n) is 4.50.